The molecule has 0 spiro atoms. The third kappa shape index (κ3) is 2.58. The molecule has 0 radical (unpaired) electrons. The van der Waals surface area contributed by atoms with Gasteiger partial charge in [-0.3, -0.25) is 4.79 Å². The summed E-state index contributed by atoms with van der Waals surface area (Å²) >= 11 is 0. The van der Waals surface area contributed by atoms with Crippen molar-refractivity contribution in [3.63, 3.8) is 0 Å². The number of rotatable bonds is 3. The highest BCUT2D eigenvalue weighted by atomic mass is 16.5. The summed E-state index contributed by atoms with van der Waals surface area (Å²) in [7, 11) is 0. The highest BCUT2D eigenvalue weighted by molar-refractivity contribution is 6.02. The number of carbonyl (C=O) groups is 1. The Morgan fingerprint density at radius 2 is 2.25 bits per heavy atom. The summed E-state index contributed by atoms with van der Waals surface area (Å²) in [6.45, 7) is 5.32. The van der Waals surface area contributed by atoms with Crippen LogP contribution in [-0.2, 0) is 4.74 Å². The van der Waals surface area contributed by atoms with Crippen molar-refractivity contribution in [1.82, 2.24) is 5.32 Å². The number of amides is 1. The molecule has 2 unspecified atom stereocenters. The number of hydrogen-bond donors (Lipinski definition) is 3. The molecule has 1 aromatic carbocycles. The van der Waals surface area contributed by atoms with Gasteiger partial charge in [-0.25, -0.2) is 0 Å². The van der Waals surface area contributed by atoms with Crippen molar-refractivity contribution in [2.24, 2.45) is 5.92 Å². The number of ether oxygens (including phenoxy) is 1. The summed E-state index contributed by atoms with van der Waals surface area (Å²) < 4.78 is 5.38. The van der Waals surface area contributed by atoms with Gasteiger partial charge in [-0.1, -0.05) is 6.07 Å². The predicted octanol–water partition coefficient (Wildman–Crippen LogP) is 1.68. The molecule has 1 fully saturated rings. The van der Waals surface area contributed by atoms with Gasteiger partial charge in [-0.2, -0.15) is 0 Å². The molecule has 5 nitrogen and oxygen atoms in total. The maximum Gasteiger partial charge on any atom is 0.253 e. The van der Waals surface area contributed by atoms with Crippen molar-refractivity contribution >= 4 is 17.3 Å². The Hall–Kier alpha value is -1.75. The number of carbonyl (C=O) groups excluding carboxylic acids is 1. The Labute approximate surface area is 119 Å². The van der Waals surface area contributed by atoms with Crippen molar-refractivity contribution in [3.05, 3.63) is 23.8 Å². The van der Waals surface area contributed by atoms with Crippen molar-refractivity contribution in [2.45, 2.75) is 19.4 Å². The van der Waals surface area contributed by atoms with Crippen LogP contribution in [0, 0.1) is 5.92 Å². The first-order chi connectivity index (χ1) is 9.75. The van der Waals surface area contributed by atoms with E-state index in [1.54, 1.807) is 0 Å². The second-order valence-electron chi connectivity index (χ2n) is 5.47. The van der Waals surface area contributed by atoms with E-state index in [1.165, 1.54) is 0 Å². The van der Waals surface area contributed by atoms with E-state index >= 15 is 0 Å². The van der Waals surface area contributed by atoms with Crippen molar-refractivity contribution in [2.75, 3.05) is 36.9 Å². The minimum absolute atomic E-state index is 0.0163. The SMILES string of the molecule is CC(NC(=O)c1cccc2c1NCCN2)C1CCOC1. The summed E-state index contributed by atoms with van der Waals surface area (Å²) in [5.41, 5.74) is 2.62. The molecule has 2 aliphatic rings. The van der Waals surface area contributed by atoms with Gasteiger partial charge in [0.15, 0.2) is 0 Å². The van der Waals surface area contributed by atoms with E-state index in [0.29, 0.717) is 11.5 Å². The number of hydrogen-bond acceptors (Lipinski definition) is 4. The average molecular weight is 275 g/mol. The van der Waals surface area contributed by atoms with Crippen LogP contribution in [0.2, 0.25) is 0 Å². The number of benzene rings is 1. The Balaban J connectivity index is 1.73. The molecular weight excluding hydrogens is 254 g/mol. The van der Waals surface area contributed by atoms with E-state index in [2.05, 4.69) is 22.9 Å². The van der Waals surface area contributed by atoms with Crippen LogP contribution in [0.5, 0.6) is 0 Å². The lowest BCUT2D eigenvalue weighted by Gasteiger charge is -2.24. The molecular formula is C15H21N3O2. The van der Waals surface area contributed by atoms with Gasteiger partial charge in [0.25, 0.3) is 5.91 Å². The topological polar surface area (TPSA) is 62.4 Å². The first-order valence-corrected chi connectivity index (χ1v) is 7.25. The molecule has 1 amide bonds. The maximum atomic E-state index is 12.5. The molecule has 2 atom stereocenters. The molecule has 0 saturated carbocycles. The van der Waals surface area contributed by atoms with Gasteiger partial charge < -0.3 is 20.7 Å². The van der Waals surface area contributed by atoms with Crippen LogP contribution in [0.3, 0.4) is 0 Å². The molecule has 1 saturated heterocycles. The molecule has 5 heteroatoms. The number of nitrogens with one attached hydrogen (secondary N) is 3. The standard InChI is InChI=1S/C15H21N3O2/c1-10(11-5-8-20-9-11)18-15(19)12-3-2-4-13-14(12)17-7-6-16-13/h2-4,10-11,16-17H,5-9H2,1H3,(H,18,19). The molecule has 3 N–H and O–H groups in total. The third-order valence-electron chi connectivity index (χ3n) is 4.08. The minimum atomic E-state index is -0.0163. The van der Waals surface area contributed by atoms with Gasteiger partial charge in [0.1, 0.15) is 0 Å². The highest BCUT2D eigenvalue weighted by Crippen LogP contribution is 2.28. The van der Waals surface area contributed by atoms with Crippen LogP contribution >= 0.6 is 0 Å². The average Bonchev–Trinajstić information content (AvgIpc) is 3.01. The Morgan fingerprint density at radius 1 is 1.40 bits per heavy atom. The fraction of sp³-hybridized carbons (Fsp3) is 0.533. The Kier molecular flexibility index (Phi) is 3.78. The summed E-state index contributed by atoms with van der Waals surface area (Å²) in [5.74, 6) is 0.405. The van der Waals surface area contributed by atoms with Gasteiger partial charge in [0.2, 0.25) is 0 Å². The van der Waals surface area contributed by atoms with E-state index in [4.69, 9.17) is 4.74 Å². The summed E-state index contributed by atoms with van der Waals surface area (Å²) in [5, 5.41) is 9.71. The van der Waals surface area contributed by atoms with E-state index in [0.717, 1.165) is 44.1 Å². The molecule has 20 heavy (non-hydrogen) atoms. The predicted molar refractivity (Wildman–Crippen MR) is 79.3 cm³/mol. The molecule has 1 aromatic rings. The van der Waals surface area contributed by atoms with E-state index < -0.39 is 0 Å². The van der Waals surface area contributed by atoms with Crippen LogP contribution in [0.1, 0.15) is 23.7 Å². The fourth-order valence-corrected chi connectivity index (χ4v) is 2.81. The van der Waals surface area contributed by atoms with E-state index in [1.807, 2.05) is 18.2 Å². The normalized spacial score (nSPS) is 22.4. The van der Waals surface area contributed by atoms with Crippen LogP contribution in [0.4, 0.5) is 11.4 Å². The summed E-state index contributed by atoms with van der Waals surface area (Å²) in [4.78, 5) is 12.5. The number of para-hydroxylation sites is 1. The van der Waals surface area contributed by atoms with Gasteiger partial charge in [-0.15, -0.1) is 0 Å². The summed E-state index contributed by atoms with van der Waals surface area (Å²) in [6.07, 6.45) is 1.02. The molecule has 0 aromatic heterocycles. The van der Waals surface area contributed by atoms with Gasteiger partial charge in [0, 0.05) is 31.7 Å². The number of fused-ring (bicyclic) bond motifs is 1. The molecule has 3 rings (SSSR count). The van der Waals surface area contributed by atoms with Gasteiger partial charge >= 0.3 is 0 Å². The third-order valence-corrected chi connectivity index (χ3v) is 4.08. The molecule has 0 bridgehead atoms. The zero-order valence-corrected chi connectivity index (χ0v) is 11.7. The van der Waals surface area contributed by atoms with Crippen molar-refractivity contribution < 1.29 is 9.53 Å². The molecule has 2 aliphatic heterocycles. The zero-order chi connectivity index (χ0) is 13.9. The Bertz CT molecular complexity index is 498. The molecule has 0 aliphatic carbocycles. The zero-order valence-electron chi connectivity index (χ0n) is 11.7. The minimum Gasteiger partial charge on any atom is -0.382 e. The van der Waals surface area contributed by atoms with Gasteiger partial charge in [0.05, 0.1) is 23.5 Å². The van der Waals surface area contributed by atoms with Crippen LogP contribution in [0.25, 0.3) is 0 Å². The smallest absolute Gasteiger partial charge is 0.253 e. The van der Waals surface area contributed by atoms with Crippen LogP contribution in [-0.4, -0.2) is 38.3 Å². The lowest BCUT2D eigenvalue weighted by Crippen LogP contribution is -2.39. The first kappa shape index (κ1) is 13.2. The largest absolute Gasteiger partial charge is 0.382 e. The van der Waals surface area contributed by atoms with Crippen molar-refractivity contribution in [3.8, 4) is 0 Å². The monoisotopic (exact) mass is 275 g/mol. The first-order valence-electron chi connectivity index (χ1n) is 7.25. The molecule has 2 heterocycles. The van der Waals surface area contributed by atoms with Crippen LogP contribution in [0.15, 0.2) is 18.2 Å². The van der Waals surface area contributed by atoms with Gasteiger partial charge in [-0.05, 0) is 25.5 Å². The second kappa shape index (κ2) is 5.71. The Morgan fingerprint density at radius 3 is 3.05 bits per heavy atom. The maximum absolute atomic E-state index is 12.5. The van der Waals surface area contributed by atoms with Crippen molar-refractivity contribution in [1.29, 1.82) is 0 Å². The van der Waals surface area contributed by atoms with E-state index in [9.17, 15) is 4.79 Å². The summed E-state index contributed by atoms with van der Waals surface area (Å²) in [6, 6.07) is 5.91. The second-order valence-corrected chi connectivity index (χ2v) is 5.47. The highest BCUT2D eigenvalue weighted by Gasteiger charge is 2.25. The fourth-order valence-electron chi connectivity index (χ4n) is 2.81. The molecule has 108 valence electrons. The van der Waals surface area contributed by atoms with Crippen LogP contribution < -0.4 is 16.0 Å². The quantitative estimate of drug-likeness (QED) is 0.785. The number of anilines is 2. The lowest BCUT2D eigenvalue weighted by molar-refractivity contribution is 0.0923. The lowest BCUT2D eigenvalue weighted by atomic mass is 10.00. The van der Waals surface area contributed by atoms with E-state index in [-0.39, 0.29) is 11.9 Å².